The van der Waals surface area contributed by atoms with Crippen LogP contribution in [0.3, 0.4) is 0 Å². The Morgan fingerprint density at radius 1 is 1.07 bits per heavy atom. The molecule has 0 aliphatic carbocycles. The van der Waals surface area contributed by atoms with Crippen LogP contribution in [0.1, 0.15) is 44.6 Å². The Morgan fingerprint density at radius 2 is 1.73 bits per heavy atom. The summed E-state index contributed by atoms with van der Waals surface area (Å²) in [4.78, 5) is 15.5. The van der Waals surface area contributed by atoms with Crippen molar-refractivity contribution in [2.45, 2.75) is 51.7 Å². The molecule has 1 rings (SSSR count). The van der Waals surface area contributed by atoms with Crippen molar-refractivity contribution in [1.29, 1.82) is 0 Å². The van der Waals surface area contributed by atoms with Gasteiger partial charge in [-0.25, -0.2) is 4.99 Å². The van der Waals surface area contributed by atoms with Gasteiger partial charge in [-0.05, 0) is 37.5 Å². The summed E-state index contributed by atoms with van der Waals surface area (Å²) in [5.41, 5.74) is 0.865. The van der Waals surface area contributed by atoms with E-state index in [1.165, 1.54) is 19.2 Å². The Hall–Kier alpha value is -1.72. The van der Waals surface area contributed by atoms with Gasteiger partial charge in [0.25, 0.3) is 0 Å². The van der Waals surface area contributed by atoms with Gasteiger partial charge in [-0.15, -0.1) is 24.0 Å². The third-order valence-corrected chi connectivity index (χ3v) is 3.92. The zero-order chi connectivity index (χ0) is 21.5. The number of unbranched alkanes of at least 4 members (excludes halogenated alkanes) is 3. The normalized spacial score (nSPS) is 11.4. The number of aliphatic imine (C=N–C) groups is 1. The Balaban J connectivity index is 0.00000841. The minimum Gasteiger partial charge on any atom is -0.484 e. The number of guanidine groups is 1. The molecule has 0 atom stereocenters. The van der Waals surface area contributed by atoms with Crippen molar-refractivity contribution in [3.8, 4) is 5.75 Å². The Kier molecular flexibility index (Phi) is 15.1. The number of nitrogens with one attached hydrogen (secondary N) is 2. The van der Waals surface area contributed by atoms with Gasteiger partial charge in [-0.2, -0.15) is 13.2 Å². The summed E-state index contributed by atoms with van der Waals surface area (Å²) < 4.78 is 45.8. The highest BCUT2D eigenvalue weighted by atomic mass is 127. The molecule has 0 saturated heterocycles. The Bertz CT molecular complexity index is 626. The molecule has 0 radical (unpaired) electrons. The molecular formula is C20H31F3IN3O3. The quantitative estimate of drug-likeness (QED) is 0.134. The molecule has 30 heavy (non-hydrogen) atoms. The fraction of sp³-hybridized carbons (Fsp3) is 0.600. The highest BCUT2D eigenvalue weighted by molar-refractivity contribution is 14.0. The van der Waals surface area contributed by atoms with E-state index in [2.05, 4.69) is 20.4 Å². The van der Waals surface area contributed by atoms with Gasteiger partial charge in [-0.1, -0.05) is 25.0 Å². The van der Waals surface area contributed by atoms with E-state index in [4.69, 9.17) is 4.74 Å². The lowest BCUT2D eigenvalue weighted by Crippen LogP contribution is -2.37. The SMILES string of the molecule is CCNC(=NCc1ccc(OCC(F)(F)F)cc1)NCCCCCCC(=O)OC.I. The van der Waals surface area contributed by atoms with Crippen molar-refractivity contribution in [2.75, 3.05) is 26.8 Å². The van der Waals surface area contributed by atoms with Gasteiger partial charge in [0.2, 0.25) is 0 Å². The van der Waals surface area contributed by atoms with Crippen LogP contribution in [0.4, 0.5) is 13.2 Å². The van der Waals surface area contributed by atoms with Crippen molar-refractivity contribution >= 4 is 35.9 Å². The molecule has 0 bridgehead atoms. The summed E-state index contributed by atoms with van der Waals surface area (Å²) in [7, 11) is 1.39. The summed E-state index contributed by atoms with van der Waals surface area (Å²) in [6, 6.07) is 6.40. The van der Waals surface area contributed by atoms with Gasteiger partial charge in [-0.3, -0.25) is 4.79 Å². The van der Waals surface area contributed by atoms with E-state index in [1.807, 2.05) is 6.92 Å². The van der Waals surface area contributed by atoms with Crippen molar-refractivity contribution < 1.29 is 27.4 Å². The molecule has 1 aromatic carbocycles. The number of methoxy groups -OCH3 is 1. The second-order valence-corrected chi connectivity index (χ2v) is 6.41. The van der Waals surface area contributed by atoms with Crippen molar-refractivity contribution in [1.82, 2.24) is 10.6 Å². The van der Waals surface area contributed by atoms with E-state index >= 15 is 0 Å². The number of esters is 1. The number of hydrogen-bond acceptors (Lipinski definition) is 4. The fourth-order valence-electron chi connectivity index (χ4n) is 2.43. The summed E-state index contributed by atoms with van der Waals surface area (Å²) in [6.07, 6.45) is -0.152. The molecule has 2 N–H and O–H groups in total. The fourth-order valence-corrected chi connectivity index (χ4v) is 2.43. The molecule has 0 heterocycles. The number of ether oxygens (including phenoxy) is 2. The van der Waals surface area contributed by atoms with Crippen LogP contribution in [0.25, 0.3) is 0 Å². The molecule has 0 saturated carbocycles. The Morgan fingerprint density at radius 3 is 2.33 bits per heavy atom. The zero-order valence-electron chi connectivity index (χ0n) is 17.4. The molecule has 172 valence electrons. The lowest BCUT2D eigenvalue weighted by molar-refractivity contribution is -0.153. The van der Waals surface area contributed by atoms with Gasteiger partial charge in [0, 0.05) is 19.5 Å². The second-order valence-electron chi connectivity index (χ2n) is 6.41. The van der Waals surface area contributed by atoms with Gasteiger partial charge in [0.15, 0.2) is 12.6 Å². The number of rotatable bonds is 12. The molecule has 6 nitrogen and oxygen atoms in total. The molecule has 0 spiro atoms. The highest BCUT2D eigenvalue weighted by Crippen LogP contribution is 2.19. The second kappa shape index (κ2) is 16.0. The highest BCUT2D eigenvalue weighted by Gasteiger charge is 2.28. The molecule has 10 heteroatoms. The first-order valence-electron chi connectivity index (χ1n) is 9.71. The number of alkyl halides is 3. The number of hydrogen-bond donors (Lipinski definition) is 2. The van der Waals surface area contributed by atoms with E-state index in [9.17, 15) is 18.0 Å². The first kappa shape index (κ1) is 28.3. The molecule has 0 aliphatic heterocycles. The minimum atomic E-state index is -4.35. The zero-order valence-corrected chi connectivity index (χ0v) is 19.7. The van der Waals surface area contributed by atoms with E-state index in [0.717, 1.165) is 44.3 Å². The number of nitrogens with zero attached hydrogens (tertiary/aromatic N) is 1. The van der Waals surface area contributed by atoms with Crippen LogP contribution in [-0.2, 0) is 16.1 Å². The third-order valence-electron chi connectivity index (χ3n) is 3.92. The maximum Gasteiger partial charge on any atom is 0.422 e. The topological polar surface area (TPSA) is 72.0 Å². The van der Waals surface area contributed by atoms with Crippen molar-refractivity contribution in [3.05, 3.63) is 29.8 Å². The Labute approximate surface area is 193 Å². The minimum absolute atomic E-state index is 0. The lowest BCUT2D eigenvalue weighted by Gasteiger charge is -2.12. The summed E-state index contributed by atoms with van der Waals surface area (Å²) in [5.74, 6) is 0.677. The summed E-state index contributed by atoms with van der Waals surface area (Å²) in [5, 5.41) is 6.40. The standard InChI is InChI=1S/C20H30F3N3O3.HI/c1-3-24-19(25-13-7-5-4-6-8-18(27)28-2)26-14-16-9-11-17(12-10-16)29-15-20(21,22)23;/h9-12H,3-8,13-15H2,1-2H3,(H2,24,25,26);1H. The van der Waals surface area contributed by atoms with Gasteiger partial charge in [0.05, 0.1) is 13.7 Å². The smallest absolute Gasteiger partial charge is 0.422 e. The van der Waals surface area contributed by atoms with E-state index in [-0.39, 0.29) is 35.7 Å². The van der Waals surface area contributed by atoms with Crippen molar-refractivity contribution in [2.24, 2.45) is 4.99 Å². The van der Waals surface area contributed by atoms with Crippen LogP contribution in [0.2, 0.25) is 0 Å². The average Bonchev–Trinajstić information content (AvgIpc) is 2.69. The molecular weight excluding hydrogens is 514 g/mol. The van der Waals surface area contributed by atoms with Crippen LogP contribution in [0, 0.1) is 0 Å². The molecule has 0 fully saturated rings. The number of carbonyl (C=O) groups is 1. The molecule has 0 aromatic heterocycles. The van der Waals surface area contributed by atoms with Crippen LogP contribution >= 0.6 is 24.0 Å². The molecule has 0 unspecified atom stereocenters. The van der Waals surface area contributed by atoms with E-state index < -0.39 is 12.8 Å². The van der Waals surface area contributed by atoms with E-state index in [1.54, 1.807) is 12.1 Å². The molecule has 1 aromatic rings. The van der Waals surface area contributed by atoms with Gasteiger partial charge in [0.1, 0.15) is 5.75 Å². The monoisotopic (exact) mass is 545 g/mol. The van der Waals surface area contributed by atoms with E-state index in [0.29, 0.717) is 18.9 Å². The first-order valence-corrected chi connectivity index (χ1v) is 9.71. The summed E-state index contributed by atoms with van der Waals surface area (Å²) >= 11 is 0. The third kappa shape index (κ3) is 14.3. The first-order chi connectivity index (χ1) is 13.8. The van der Waals surface area contributed by atoms with Crippen LogP contribution < -0.4 is 15.4 Å². The maximum absolute atomic E-state index is 12.2. The molecule has 0 amide bonds. The van der Waals surface area contributed by atoms with Crippen molar-refractivity contribution in [3.63, 3.8) is 0 Å². The van der Waals surface area contributed by atoms with Crippen LogP contribution in [0.5, 0.6) is 5.75 Å². The number of benzene rings is 1. The predicted octanol–water partition coefficient (Wildman–Crippen LogP) is 4.42. The largest absolute Gasteiger partial charge is 0.484 e. The average molecular weight is 545 g/mol. The summed E-state index contributed by atoms with van der Waals surface area (Å²) in [6.45, 7) is 2.54. The van der Waals surface area contributed by atoms with Gasteiger partial charge < -0.3 is 20.1 Å². The number of carbonyl (C=O) groups excluding carboxylic acids is 1. The maximum atomic E-state index is 12.2. The lowest BCUT2D eigenvalue weighted by atomic mass is 10.1. The molecule has 0 aliphatic rings. The predicted molar refractivity (Wildman–Crippen MR) is 121 cm³/mol. The van der Waals surface area contributed by atoms with Crippen LogP contribution in [-0.4, -0.2) is 44.9 Å². The van der Waals surface area contributed by atoms with Crippen LogP contribution in [0.15, 0.2) is 29.3 Å². The van der Waals surface area contributed by atoms with Gasteiger partial charge >= 0.3 is 12.1 Å². The number of halogens is 4.